The quantitative estimate of drug-likeness (QED) is 0.0280. The van der Waals surface area contributed by atoms with Crippen LogP contribution >= 0.6 is 7.82 Å². The van der Waals surface area contributed by atoms with Crippen LogP contribution in [0.5, 0.6) is 0 Å². The molecular formula is C42H75O8P. The highest BCUT2D eigenvalue weighted by Crippen LogP contribution is 2.36. The summed E-state index contributed by atoms with van der Waals surface area (Å²) in [5, 5.41) is 0. The van der Waals surface area contributed by atoms with Gasteiger partial charge < -0.3 is 19.3 Å². The third-order valence-electron chi connectivity index (χ3n) is 8.57. The van der Waals surface area contributed by atoms with Crippen LogP contribution < -0.4 is 0 Å². The Labute approximate surface area is 312 Å². The Hall–Kier alpha value is -1.99. The highest BCUT2D eigenvalue weighted by molar-refractivity contribution is 7.46. The Kier molecular flexibility index (Phi) is 36.3. The molecule has 1 atom stereocenters. The standard InChI is InChI=1S/C42H75O8P/c1-3-5-7-9-11-13-15-17-19-21-23-25-27-29-31-33-35-37-42(44)50-40(39-49-51(45,46)47)38-48-41(43)36-34-32-30-28-26-24-22-20-18-16-14-12-10-8-6-4-2/h11,13-14,16-17,19-20,22,40H,3-10,12,15,18,21,23-39H2,1-2H3,(H2,45,46,47)/b13-11-,16-14-,19-17-,22-20-. The fourth-order valence-electron chi connectivity index (χ4n) is 5.49. The summed E-state index contributed by atoms with van der Waals surface area (Å²) < 4.78 is 26.4. The van der Waals surface area contributed by atoms with Crippen LogP contribution in [0, 0.1) is 0 Å². The summed E-state index contributed by atoms with van der Waals surface area (Å²) in [5.41, 5.74) is 0. The third kappa shape index (κ3) is 40.6. The number of phosphoric ester groups is 1. The number of rotatable bonds is 37. The van der Waals surface area contributed by atoms with Crippen LogP contribution in [0.1, 0.15) is 187 Å². The fourth-order valence-corrected chi connectivity index (χ4v) is 5.85. The number of esters is 2. The Morgan fingerprint density at radius 3 is 1.33 bits per heavy atom. The van der Waals surface area contributed by atoms with Gasteiger partial charge in [-0.1, -0.05) is 146 Å². The monoisotopic (exact) mass is 739 g/mol. The van der Waals surface area contributed by atoms with E-state index >= 15 is 0 Å². The largest absolute Gasteiger partial charge is 0.469 e. The number of hydrogen-bond acceptors (Lipinski definition) is 6. The zero-order valence-electron chi connectivity index (χ0n) is 32.5. The van der Waals surface area contributed by atoms with Gasteiger partial charge in [0.2, 0.25) is 0 Å². The van der Waals surface area contributed by atoms with Gasteiger partial charge in [0.1, 0.15) is 6.61 Å². The van der Waals surface area contributed by atoms with Crippen molar-refractivity contribution in [3.05, 3.63) is 48.6 Å². The van der Waals surface area contributed by atoms with Crippen molar-refractivity contribution in [1.29, 1.82) is 0 Å². The van der Waals surface area contributed by atoms with E-state index in [9.17, 15) is 14.2 Å². The van der Waals surface area contributed by atoms with E-state index in [1.165, 1.54) is 77.0 Å². The van der Waals surface area contributed by atoms with Gasteiger partial charge in [-0.25, -0.2) is 4.57 Å². The van der Waals surface area contributed by atoms with Crippen LogP contribution in [-0.2, 0) is 28.2 Å². The maximum atomic E-state index is 12.4. The van der Waals surface area contributed by atoms with Crippen molar-refractivity contribution in [1.82, 2.24) is 0 Å². The predicted octanol–water partition coefficient (Wildman–Crippen LogP) is 12.3. The smallest absolute Gasteiger partial charge is 0.462 e. The molecule has 8 nitrogen and oxygen atoms in total. The second-order valence-electron chi connectivity index (χ2n) is 13.6. The molecule has 0 radical (unpaired) electrons. The number of ether oxygens (including phenoxy) is 2. The van der Waals surface area contributed by atoms with Crippen molar-refractivity contribution in [2.75, 3.05) is 13.2 Å². The first-order valence-electron chi connectivity index (χ1n) is 20.4. The van der Waals surface area contributed by atoms with Crippen molar-refractivity contribution in [3.63, 3.8) is 0 Å². The van der Waals surface area contributed by atoms with Crippen molar-refractivity contribution in [2.45, 2.75) is 193 Å². The predicted molar refractivity (Wildman–Crippen MR) is 211 cm³/mol. The number of allylic oxidation sites excluding steroid dienone is 8. The summed E-state index contributed by atoms with van der Waals surface area (Å²) in [6.07, 6.45) is 45.4. The molecule has 0 fully saturated rings. The molecule has 0 aliphatic heterocycles. The van der Waals surface area contributed by atoms with Crippen molar-refractivity contribution < 1.29 is 37.9 Å². The summed E-state index contributed by atoms with van der Waals surface area (Å²) in [6.45, 7) is 3.62. The van der Waals surface area contributed by atoms with E-state index in [1.807, 2.05) is 0 Å². The summed E-state index contributed by atoms with van der Waals surface area (Å²) in [4.78, 5) is 42.8. The number of hydrogen-bond donors (Lipinski definition) is 2. The molecule has 9 heteroatoms. The van der Waals surface area contributed by atoms with Gasteiger partial charge in [-0.05, 0) is 77.0 Å². The highest BCUT2D eigenvalue weighted by Gasteiger charge is 2.22. The van der Waals surface area contributed by atoms with Crippen LogP contribution in [0.4, 0.5) is 0 Å². The Morgan fingerprint density at radius 2 is 0.882 bits per heavy atom. The minimum Gasteiger partial charge on any atom is -0.462 e. The zero-order chi connectivity index (χ0) is 37.5. The average Bonchev–Trinajstić information content (AvgIpc) is 3.10. The van der Waals surface area contributed by atoms with Crippen molar-refractivity contribution in [3.8, 4) is 0 Å². The van der Waals surface area contributed by atoms with Crippen LogP contribution in [0.15, 0.2) is 48.6 Å². The van der Waals surface area contributed by atoms with E-state index in [0.29, 0.717) is 12.8 Å². The lowest BCUT2D eigenvalue weighted by Gasteiger charge is -2.18. The van der Waals surface area contributed by atoms with Gasteiger partial charge in [0.05, 0.1) is 6.61 Å². The van der Waals surface area contributed by atoms with E-state index in [4.69, 9.17) is 19.3 Å². The number of phosphoric acid groups is 1. The van der Waals surface area contributed by atoms with Gasteiger partial charge >= 0.3 is 19.8 Å². The lowest BCUT2D eigenvalue weighted by Crippen LogP contribution is -2.29. The van der Waals surface area contributed by atoms with Gasteiger partial charge in [-0.15, -0.1) is 0 Å². The second-order valence-corrected chi connectivity index (χ2v) is 14.8. The first-order chi connectivity index (χ1) is 24.8. The normalized spacial score (nSPS) is 12.9. The Balaban J connectivity index is 3.98. The maximum absolute atomic E-state index is 12.4. The maximum Gasteiger partial charge on any atom is 0.469 e. The lowest BCUT2D eigenvalue weighted by molar-refractivity contribution is -0.161. The molecule has 0 saturated carbocycles. The Bertz CT molecular complexity index is 968. The van der Waals surface area contributed by atoms with Gasteiger partial charge in [-0.2, -0.15) is 0 Å². The van der Waals surface area contributed by atoms with Crippen LogP contribution in [0.25, 0.3) is 0 Å². The molecular weight excluding hydrogens is 663 g/mol. The van der Waals surface area contributed by atoms with Gasteiger partial charge in [-0.3, -0.25) is 14.1 Å². The van der Waals surface area contributed by atoms with Crippen LogP contribution in [-0.4, -0.2) is 41.0 Å². The minimum absolute atomic E-state index is 0.199. The first-order valence-corrected chi connectivity index (χ1v) is 22.0. The van der Waals surface area contributed by atoms with Crippen molar-refractivity contribution >= 4 is 19.8 Å². The van der Waals surface area contributed by atoms with Gasteiger partial charge in [0.15, 0.2) is 6.10 Å². The molecule has 296 valence electrons. The Morgan fingerprint density at radius 1 is 0.510 bits per heavy atom. The minimum atomic E-state index is -4.76. The van der Waals surface area contributed by atoms with Gasteiger partial charge in [0, 0.05) is 12.8 Å². The molecule has 0 amide bonds. The van der Waals surface area contributed by atoms with Crippen LogP contribution in [0.2, 0.25) is 0 Å². The summed E-state index contributed by atoms with van der Waals surface area (Å²) >= 11 is 0. The molecule has 0 aromatic carbocycles. The topological polar surface area (TPSA) is 119 Å². The SMILES string of the molecule is CCCCC/C=C\C/C=C\CCCCCCCCCC(=O)OC(COC(=O)CCCCCCC/C=C\C/C=C\CCCCCC)COP(=O)(O)O. The van der Waals surface area contributed by atoms with E-state index in [2.05, 4.69) is 67.0 Å². The van der Waals surface area contributed by atoms with E-state index in [1.54, 1.807) is 0 Å². The van der Waals surface area contributed by atoms with Gasteiger partial charge in [0.25, 0.3) is 0 Å². The number of carbonyl (C=O) groups excluding carboxylic acids is 2. The van der Waals surface area contributed by atoms with E-state index in [-0.39, 0.29) is 19.4 Å². The molecule has 0 aromatic rings. The molecule has 0 aromatic heterocycles. The van der Waals surface area contributed by atoms with E-state index < -0.39 is 32.5 Å². The number of carbonyl (C=O) groups is 2. The lowest BCUT2D eigenvalue weighted by atomic mass is 10.1. The van der Waals surface area contributed by atoms with Crippen molar-refractivity contribution in [2.24, 2.45) is 0 Å². The molecule has 0 bridgehead atoms. The van der Waals surface area contributed by atoms with E-state index in [0.717, 1.165) is 70.6 Å². The third-order valence-corrected chi connectivity index (χ3v) is 9.06. The summed E-state index contributed by atoms with van der Waals surface area (Å²) in [6, 6.07) is 0. The summed E-state index contributed by atoms with van der Waals surface area (Å²) in [5.74, 6) is -0.910. The molecule has 0 rings (SSSR count). The molecule has 1 unspecified atom stereocenters. The second kappa shape index (κ2) is 37.8. The molecule has 0 heterocycles. The summed E-state index contributed by atoms with van der Waals surface area (Å²) in [7, 11) is -4.76. The molecule has 0 aliphatic rings. The number of unbranched alkanes of at least 4 members (excludes halogenated alkanes) is 19. The first kappa shape index (κ1) is 49.0. The zero-order valence-corrected chi connectivity index (χ0v) is 33.4. The van der Waals surface area contributed by atoms with Crippen LogP contribution in [0.3, 0.4) is 0 Å². The average molecular weight is 739 g/mol. The molecule has 51 heavy (non-hydrogen) atoms. The molecule has 2 N–H and O–H groups in total. The highest BCUT2D eigenvalue weighted by atomic mass is 31.2. The fraction of sp³-hybridized carbons (Fsp3) is 0.762. The molecule has 0 aliphatic carbocycles. The molecule has 0 spiro atoms. The molecule has 0 saturated heterocycles.